The molecule has 15 heteroatoms. The molecule has 0 aromatic heterocycles. The number of nitrogens with zero attached hydrogens (tertiary/aromatic N) is 1. The summed E-state index contributed by atoms with van der Waals surface area (Å²) < 4.78 is 0. The Hall–Kier alpha value is -4.53. The van der Waals surface area contributed by atoms with Gasteiger partial charge in [-0.2, -0.15) is 0 Å². The van der Waals surface area contributed by atoms with Crippen molar-refractivity contribution in [3.8, 4) is 0 Å². The first-order valence-corrected chi connectivity index (χ1v) is 18.5. The van der Waals surface area contributed by atoms with Gasteiger partial charge in [0.25, 0.3) is 0 Å². The molecule has 0 radical (unpaired) electrons. The molecule has 7 atom stereocenters. The Bertz CT molecular complexity index is 1390. The Morgan fingerprint density at radius 2 is 1.17 bits per heavy atom. The first kappa shape index (κ1) is 46.5. The second kappa shape index (κ2) is 22.5. The van der Waals surface area contributed by atoms with Crippen molar-refractivity contribution < 1.29 is 33.6 Å². The maximum absolute atomic E-state index is 14.0. The van der Waals surface area contributed by atoms with E-state index < -0.39 is 84.0 Å². The van der Waals surface area contributed by atoms with Crippen LogP contribution in [0.3, 0.4) is 0 Å². The first-order valence-electron chi connectivity index (χ1n) is 18.5. The number of likely N-dealkylation sites (N-methyl/N-ethyl adjacent to an activating group) is 2. The number of amides is 7. The van der Waals surface area contributed by atoms with Crippen LogP contribution in [0, 0.1) is 17.8 Å². The summed E-state index contributed by atoms with van der Waals surface area (Å²) in [6, 6.07) is 2.71. The summed E-state index contributed by atoms with van der Waals surface area (Å²) in [7, 11) is 3.21. The van der Waals surface area contributed by atoms with Crippen LogP contribution in [-0.2, 0) is 40.0 Å². The number of primary amides is 1. The molecule has 0 bridgehead atoms. The van der Waals surface area contributed by atoms with E-state index in [4.69, 9.17) is 5.73 Å². The first-order chi connectivity index (χ1) is 24.7. The van der Waals surface area contributed by atoms with Crippen LogP contribution in [0.15, 0.2) is 30.3 Å². The van der Waals surface area contributed by atoms with Crippen LogP contribution in [0.4, 0.5) is 0 Å². The van der Waals surface area contributed by atoms with Crippen molar-refractivity contribution in [3.05, 3.63) is 35.9 Å². The van der Waals surface area contributed by atoms with E-state index in [0.29, 0.717) is 6.42 Å². The zero-order chi connectivity index (χ0) is 40.6. The summed E-state index contributed by atoms with van der Waals surface area (Å²) in [5, 5.41) is 16.6. The van der Waals surface area contributed by atoms with E-state index >= 15 is 0 Å². The second-order valence-corrected chi connectivity index (χ2v) is 14.9. The van der Waals surface area contributed by atoms with Crippen molar-refractivity contribution in [1.82, 2.24) is 36.8 Å². The molecular formula is C38H64N8O7. The zero-order valence-electron chi connectivity index (χ0n) is 33.4. The van der Waals surface area contributed by atoms with Gasteiger partial charge in [0.05, 0.1) is 12.5 Å². The summed E-state index contributed by atoms with van der Waals surface area (Å²) in [5.41, 5.74) is 6.10. The third-order valence-electron chi connectivity index (χ3n) is 9.09. The van der Waals surface area contributed by atoms with Crippen LogP contribution >= 0.6 is 0 Å². The van der Waals surface area contributed by atoms with Crippen LogP contribution in [0.2, 0.25) is 0 Å². The number of nitrogens with one attached hydrogen (secondary N) is 6. The third kappa shape index (κ3) is 15.5. The number of benzene rings is 1. The lowest BCUT2D eigenvalue weighted by Crippen LogP contribution is -2.61. The highest BCUT2D eigenvalue weighted by atomic mass is 16.2. The number of hydrogen-bond acceptors (Lipinski definition) is 8. The van der Waals surface area contributed by atoms with Crippen molar-refractivity contribution >= 4 is 41.4 Å². The van der Waals surface area contributed by atoms with Crippen LogP contribution in [-0.4, -0.2) is 103 Å². The molecule has 0 aliphatic rings. The molecule has 0 aliphatic heterocycles. The highest BCUT2D eigenvalue weighted by molar-refractivity contribution is 5.97. The Morgan fingerprint density at radius 3 is 1.66 bits per heavy atom. The molecule has 8 N–H and O–H groups in total. The number of rotatable bonds is 22. The fourth-order valence-corrected chi connectivity index (χ4v) is 5.56. The lowest BCUT2D eigenvalue weighted by molar-refractivity contribution is -0.141. The molecule has 7 amide bonds. The lowest BCUT2D eigenvalue weighted by Gasteiger charge is -2.31. The van der Waals surface area contributed by atoms with E-state index in [1.54, 1.807) is 59.0 Å². The third-order valence-corrected chi connectivity index (χ3v) is 9.09. The predicted molar refractivity (Wildman–Crippen MR) is 204 cm³/mol. The minimum atomic E-state index is -1.27. The molecule has 1 rings (SSSR count). The fraction of sp³-hybridized carbons (Fsp3) is 0.658. The van der Waals surface area contributed by atoms with Gasteiger partial charge < -0.3 is 42.5 Å². The van der Waals surface area contributed by atoms with E-state index in [-0.39, 0.29) is 36.6 Å². The molecule has 0 saturated carbocycles. The fourth-order valence-electron chi connectivity index (χ4n) is 5.56. The quantitative estimate of drug-likeness (QED) is 0.0896. The number of nitrogens with two attached hydrogens (primary N) is 1. The smallest absolute Gasteiger partial charge is 0.243 e. The maximum Gasteiger partial charge on any atom is 0.243 e. The Morgan fingerprint density at radius 1 is 0.660 bits per heavy atom. The minimum absolute atomic E-state index is 0.0237. The molecule has 15 nitrogen and oxygen atoms in total. The van der Waals surface area contributed by atoms with Crippen LogP contribution in [0.25, 0.3) is 0 Å². The van der Waals surface area contributed by atoms with Gasteiger partial charge in [-0.05, 0) is 57.1 Å². The Kier molecular flexibility index (Phi) is 19.8. The highest BCUT2D eigenvalue weighted by Crippen LogP contribution is 2.12. The van der Waals surface area contributed by atoms with Crippen LogP contribution in [0.5, 0.6) is 0 Å². The summed E-state index contributed by atoms with van der Waals surface area (Å²) in [4.78, 5) is 94.1. The summed E-state index contributed by atoms with van der Waals surface area (Å²) in [6.45, 7) is 16.2. The van der Waals surface area contributed by atoms with Gasteiger partial charge in [-0.1, -0.05) is 78.8 Å². The van der Waals surface area contributed by atoms with Gasteiger partial charge in [0.2, 0.25) is 41.4 Å². The van der Waals surface area contributed by atoms with Crippen molar-refractivity contribution in [3.63, 3.8) is 0 Å². The van der Waals surface area contributed by atoms with Gasteiger partial charge in [-0.25, -0.2) is 0 Å². The molecule has 7 unspecified atom stereocenters. The highest BCUT2D eigenvalue weighted by Gasteiger charge is 2.35. The van der Waals surface area contributed by atoms with Gasteiger partial charge in [-0.15, -0.1) is 0 Å². The topological polar surface area (TPSA) is 221 Å². The van der Waals surface area contributed by atoms with E-state index in [1.807, 2.05) is 40.7 Å². The van der Waals surface area contributed by atoms with Crippen molar-refractivity contribution in [2.75, 3.05) is 14.1 Å². The summed E-state index contributed by atoms with van der Waals surface area (Å²) in [6.07, 6.45) is 0.473. The lowest BCUT2D eigenvalue weighted by atomic mass is 9.99. The summed E-state index contributed by atoms with van der Waals surface area (Å²) >= 11 is 0. The van der Waals surface area contributed by atoms with Gasteiger partial charge in [0.1, 0.15) is 30.2 Å². The van der Waals surface area contributed by atoms with E-state index in [2.05, 4.69) is 31.9 Å². The number of hydrogen-bond donors (Lipinski definition) is 7. The molecule has 53 heavy (non-hydrogen) atoms. The van der Waals surface area contributed by atoms with E-state index in [9.17, 15) is 33.6 Å². The summed E-state index contributed by atoms with van der Waals surface area (Å²) in [5.74, 6) is -4.70. The van der Waals surface area contributed by atoms with Gasteiger partial charge in [0.15, 0.2) is 0 Å². The minimum Gasteiger partial charge on any atom is -0.370 e. The van der Waals surface area contributed by atoms with Crippen molar-refractivity contribution in [1.29, 1.82) is 0 Å². The normalized spacial score (nSPS) is 15.3. The molecule has 1 aromatic carbocycles. The standard InChI is InChI=1S/C38H64N8O7/c1-12-24(8)41-34(49)29(20-30(39)47)44-37(52)31(22(4)5)45-36(51)28(19-26-16-14-13-15-17-26)43-35(50)27(18-21(2)3)42-33(48)25(9)46(11)38(53)32(40-10)23(6)7/h13-17,21-25,27-29,31-32,40H,12,18-20H2,1-11H3,(H2,39,47)(H,41,49)(H,42,48)(H,43,50)(H,44,52)(H,45,51). The molecule has 0 spiro atoms. The van der Waals surface area contributed by atoms with Crippen molar-refractivity contribution in [2.24, 2.45) is 23.5 Å². The molecule has 298 valence electrons. The monoisotopic (exact) mass is 744 g/mol. The molecule has 0 saturated heterocycles. The molecule has 0 fully saturated rings. The zero-order valence-corrected chi connectivity index (χ0v) is 33.4. The van der Waals surface area contributed by atoms with Crippen molar-refractivity contribution in [2.45, 2.75) is 130 Å². The van der Waals surface area contributed by atoms with Gasteiger partial charge in [0, 0.05) is 19.5 Å². The molecule has 0 heterocycles. The number of carbonyl (C=O) groups is 7. The largest absolute Gasteiger partial charge is 0.370 e. The predicted octanol–water partition coefficient (Wildman–Crippen LogP) is 0.751. The average Bonchev–Trinajstić information content (AvgIpc) is 3.08. The van der Waals surface area contributed by atoms with Gasteiger partial charge in [-0.3, -0.25) is 33.6 Å². The van der Waals surface area contributed by atoms with Gasteiger partial charge >= 0.3 is 0 Å². The second-order valence-electron chi connectivity index (χ2n) is 14.9. The SMILES string of the molecule is CCC(C)NC(=O)C(CC(N)=O)NC(=O)C(NC(=O)C(Cc1ccccc1)NC(=O)C(CC(C)C)NC(=O)C(C)N(C)C(=O)C(NC)C(C)C)C(C)C. The maximum atomic E-state index is 14.0. The van der Waals surface area contributed by atoms with E-state index in [0.717, 1.165) is 5.56 Å². The number of carbonyl (C=O) groups excluding carboxylic acids is 7. The Labute approximate surface area is 315 Å². The average molecular weight is 745 g/mol. The van der Waals surface area contributed by atoms with E-state index in [1.165, 1.54) is 11.9 Å². The molecule has 1 aromatic rings. The molecular weight excluding hydrogens is 680 g/mol. The molecule has 0 aliphatic carbocycles. The van der Waals surface area contributed by atoms with Crippen LogP contribution < -0.4 is 37.6 Å². The Balaban J connectivity index is 3.35. The van der Waals surface area contributed by atoms with Crippen LogP contribution in [0.1, 0.15) is 87.1 Å².